The fraction of sp³-hybridized carbons (Fsp3) is 0.667. The number of guanidine groups is 1. The molecule has 0 fully saturated rings. The first-order valence-electron chi connectivity index (χ1n) is 3.23. The Morgan fingerprint density at radius 1 is 1.80 bits per heavy atom. The molecule has 0 bridgehead atoms. The van der Waals surface area contributed by atoms with E-state index >= 15 is 0 Å². The minimum Gasteiger partial charge on any atom is -0.344 e. The molecule has 0 aromatic rings. The number of nitrogens with zero attached hydrogens (tertiary/aromatic N) is 2. The number of hydrogen-bond donors (Lipinski definition) is 1. The molecule has 0 aromatic carbocycles. The smallest absolute Gasteiger partial charge is 0.223 e. The molecule has 1 aliphatic heterocycles. The highest BCUT2D eigenvalue weighted by atomic mass is 16.1. The Morgan fingerprint density at radius 3 is 2.90 bits per heavy atom. The van der Waals surface area contributed by atoms with Crippen molar-refractivity contribution in [2.24, 2.45) is 4.99 Å². The van der Waals surface area contributed by atoms with E-state index in [-0.39, 0.29) is 5.91 Å². The molecule has 0 saturated carbocycles. The van der Waals surface area contributed by atoms with E-state index in [1.807, 2.05) is 11.9 Å². The van der Waals surface area contributed by atoms with Crippen LogP contribution >= 0.6 is 0 Å². The third-order valence-electron chi connectivity index (χ3n) is 1.35. The van der Waals surface area contributed by atoms with Crippen molar-refractivity contribution in [1.29, 1.82) is 0 Å². The van der Waals surface area contributed by atoms with Gasteiger partial charge in [0.15, 0.2) is 0 Å². The van der Waals surface area contributed by atoms with Crippen LogP contribution in [0.15, 0.2) is 4.99 Å². The lowest BCUT2D eigenvalue weighted by atomic mass is 10.6. The third-order valence-corrected chi connectivity index (χ3v) is 1.35. The van der Waals surface area contributed by atoms with Gasteiger partial charge in [0, 0.05) is 20.5 Å². The molecule has 10 heavy (non-hydrogen) atoms. The summed E-state index contributed by atoms with van der Waals surface area (Å²) in [5.41, 5.74) is 0. The van der Waals surface area contributed by atoms with Crippen LogP contribution in [0.25, 0.3) is 0 Å². The minimum atomic E-state index is -0.0625. The van der Waals surface area contributed by atoms with E-state index in [4.69, 9.17) is 0 Å². The second-order valence-corrected chi connectivity index (χ2v) is 2.31. The number of nitrogens with one attached hydrogen (secondary N) is 1. The van der Waals surface area contributed by atoms with Crippen LogP contribution in [0.2, 0.25) is 0 Å². The molecule has 4 heteroatoms. The molecule has 4 nitrogen and oxygen atoms in total. The lowest BCUT2D eigenvalue weighted by Crippen LogP contribution is -2.38. The highest BCUT2D eigenvalue weighted by Crippen LogP contribution is 1.93. The van der Waals surface area contributed by atoms with E-state index in [0.29, 0.717) is 5.96 Å². The number of amides is 1. The normalized spacial score (nSPS) is 17.0. The Hall–Kier alpha value is -1.06. The zero-order valence-corrected chi connectivity index (χ0v) is 6.22. The Bertz CT molecular complexity index is 176. The molecule has 1 N–H and O–H groups in total. The molecule has 0 spiro atoms. The predicted octanol–water partition coefficient (Wildman–Crippen LogP) is -0.576. The molecule has 0 unspecified atom stereocenters. The van der Waals surface area contributed by atoms with Crippen LogP contribution in [0.1, 0.15) is 6.92 Å². The lowest BCUT2D eigenvalue weighted by Gasteiger charge is -2.12. The van der Waals surface area contributed by atoms with Crippen LogP contribution in [-0.2, 0) is 4.79 Å². The lowest BCUT2D eigenvalue weighted by molar-refractivity contribution is -0.117. The number of carbonyl (C=O) groups excluding carboxylic acids is 1. The van der Waals surface area contributed by atoms with Crippen molar-refractivity contribution in [3.63, 3.8) is 0 Å². The maximum Gasteiger partial charge on any atom is 0.223 e. The molecule has 1 rings (SSSR count). The standard InChI is InChI=1S/C6H11N3O/c1-5(10)8-6-7-3-4-9(6)2/h3-4H2,1-2H3,(H,7,8,10). The van der Waals surface area contributed by atoms with E-state index in [1.165, 1.54) is 6.92 Å². The summed E-state index contributed by atoms with van der Waals surface area (Å²) in [6, 6.07) is 0. The van der Waals surface area contributed by atoms with E-state index < -0.39 is 0 Å². The third kappa shape index (κ3) is 1.46. The van der Waals surface area contributed by atoms with Crippen LogP contribution in [0.4, 0.5) is 0 Å². The topological polar surface area (TPSA) is 44.7 Å². The van der Waals surface area contributed by atoms with Crippen molar-refractivity contribution in [2.45, 2.75) is 6.92 Å². The van der Waals surface area contributed by atoms with Crippen LogP contribution in [0.5, 0.6) is 0 Å². The first kappa shape index (κ1) is 7.05. The Labute approximate surface area is 59.9 Å². The van der Waals surface area contributed by atoms with Gasteiger partial charge in [0.05, 0.1) is 6.54 Å². The highest BCUT2D eigenvalue weighted by Gasteiger charge is 2.12. The number of rotatable bonds is 0. The van der Waals surface area contributed by atoms with Gasteiger partial charge in [-0.1, -0.05) is 0 Å². The predicted molar refractivity (Wildman–Crippen MR) is 38.7 cm³/mol. The summed E-state index contributed by atoms with van der Waals surface area (Å²) in [6.45, 7) is 3.16. The van der Waals surface area contributed by atoms with Gasteiger partial charge in [-0.25, -0.2) is 0 Å². The largest absolute Gasteiger partial charge is 0.344 e. The van der Waals surface area contributed by atoms with Crippen molar-refractivity contribution >= 4 is 11.9 Å². The number of likely N-dealkylation sites (N-methyl/N-ethyl adjacent to an activating group) is 1. The zero-order chi connectivity index (χ0) is 7.56. The zero-order valence-electron chi connectivity index (χ0n) is 6.22. The first-order valence-corrected chi connectivity index (χ1v) is 3.23. The van der Waals surface area contributed by atoms with E-state index in [0.717, 1.165) is 13.1 Å². The van der Waals surface area contributed by atoms with Gasteiger partial charge in [-0.05, 0) is 0 Å². The maximum absolute atomic E-state index is 10.5. The van der Waals surface area contributed by atoms with Gasteiger partial charge in [-0.2, -0.15) is 0 Å². The van der Waals surface area contributed by atoms with E-state index in [2.05, 4.69) is 10.3 Å². The Morgan fingerprint density at radius 2 is 2.50 bits per heavy atom. The fourth-order valence-corrected chi connectivity index (χ4v) is 0.825. The SMILES string of the molecule is CC(=O)NC1=NCCN1C. The Kier molecular flexibility index (Phi) is 1.89. The van der Waals surface area contributed by atoms with Crippen molar-refractivity contribution in [1.82, 2.24) is 10.2 Å². The van der Waals surface area contributed by atoms with Crippen LogP contribution in [0.3, 0.4) is 0 Å². The number of aliphatic imine (C=N–C) groups is 1. The summed E-state index contributed by atoms with van der Waals surface area (Å²) in [6.07, 6.45) is 0. The summed E-state index contributed by atoms with van der Waals surface area (Å²) in [5.74, 6) is 0.625. The fourth-order valence-electron chi connectivity index (χ4n) is 0.825. The quantitative estimate of drug-likeness (QED) is 0.490. The van der Waals surface area contributed by atoms with E-state index in [9.17, 15) is 4.79 Å². The highest BCUT2D eigenvalue weighted by molar-refractivity contribution is 5.96. The van der Waals surface area contributed by atoms with Gasteiger partial charge in [-0.3, -0.25) is 15.1 Å². The average Bonchev–Trinajstić information content (AvgIpc) is 2.15. The first-order chi connectivity index (χ1) is 4.70. The van der Waals surface area contributed by atoms with Crippen molar-refractivity contribution in [2.75, 3.05) is 20.1 Å². The maximum atomic E-state index is 10.5. The summed E-state index contributed by atoms with van der Waals surface area (Å²) < 4.78 is 0. The van der Waals surface area contributed by atoms with Gasteiger partial charge in [0.25, 0.3) is 0 Å². The van der Waals surface area contributed by atoms with Gasteiger partial charge >= 0.3 is 0 Å². The summed E-state index contributed by atoms with van der Waals surface area (Å²) in [4.78, 5) is 16.5. The van der Waals surface area contributed by atoms with E-state index in [1.54, 1.807) is 0 Å². The molecule has 0 atom stereocenters. The Balaban J connectivity index is 2.47. The summed E-state index contributed by atoms with van der Waals surface area (Å²) >= 11 is 0. The second-order valence-electron chi connectivity index (χ2n) is 2.31. The molecule has 1 heterocycles. The molecule has 1 amide bonds. The molecule has 0 saturated heterocycles. The summed E-state index contributed by atoms with van der Waals surface area (Å²) in [7, 11) is 1.90. The molecular formula is C6H11N3O. The minimum absolute atomic E-state index is 0.0625. The summed E-state index contributed by atoms with van der Waals surface area (Å²) in [5, 5.41) is 2.63. The molecule has 1 aliphatic rings. The van der Waals surface area contributed by atoms with Gasteiger partial charge in [-0.15, -0.1) is 0 Å². The molecular weight excluding hydrogens is 130 g/mol. The average molecular weight is 141 g/mol. The van der Waals surface area contributed by atoms with Crippen LogP contribution < -0.4 is 5.32 Å². The van der Waals surface area contributed by atoms with Gasteiger partial charge < -0.3 is 4.90 Å². The molecule has 0 radical (unpaired) electrons. The van der Waals surface area contributed by atoms with Crippen molar-refractivity contribution < 1.29 is 4.79 Å². The molecule has 0 aromatic heterocycles. The monoisotopic (exact) mass is 141 g/mol. The van der Waals surface area contributed by atoms with Crippen molar-refractivity contribution in [3.05, 3.63) is 0 Å². The van der Waals surface area contributed by atoms with Crippen LogP contribution in [0, 0.1) is 0 Å². The van der Waals surface area contributed by atoms with Crippen LogP contribution in [-0.4, -0.2) is 36.9 Å². The molecule has 56 valence electrons. The van der Waals surface area contributed by atoms with Gasteiger partial charge in [0.2, 0.25) is 11.9 Å². The number of carbonyl (C=O) groups is 1. The van der Waals surface area contributed by atoms with Gasteiger partial charge in [0.1, 0.15) is 0 Å². The number of hydrogen-bond acceptors (Lipinski definition) is 3. The second kappa shape index (κ2) is 2.68. The van der Waals surface area contributed by atoms with Crippen molar-refractivity contribution in [3.8, 4) is 0 Å². The molecule has 0 aliphatic carbocycles.